The number of carbonyl (C=O) groups is 1. The van der Waals surface area contributed by atoms with E-state index in [0.717, 1.165) is 48.3 Å². The molecule has 3 fully saturated rings. The van der Waals surface area contributed by atoms with E-state index in [9.17, 15) is 4.79 Å². The largest absolute Gasteiger partial charge is 0.465 e. The highest BCUT2D eigenvalue weighted by Gasteiger charge is 2.55. The fourth-order valence-corrected chi connectivity index (χ4v) is 5.53. The second-order valence-electron chi connectivity index (χ2n) is 8.96. The summed E-state index contributed by atoms with van der Waals surface area (Å²) in [6.07, 6.45) is 3.68. The standard InChI is InChI=1S/C20H22ClN5O2/c21-14-1-4-16-12(5-14)8-24(15-2-3-15)9-17-22-23-18(26(16)17)13-6-20(7-13)10-25(11-20)19(27)28/h1,4-5,13,15H,2-3,6-11H2,(H,27,28). The number of amides is 1. The maximum Gasteiger partial charge on any atom is 0.407 e. The predicted octanol–water partition coefficient (Wildman–Crippen LogP) is 3.26. The first-order chi connectivity index (χ1) is 13.5. The number of carboxylic acid groups (broad SMARTS) is 1. The minimum atomic E-state index is -0.809. The summed E-state index contributed by atoms with van der Waals surface area (Å²) < 4.78 is 2.25. The first kappa shape index (κ1) is 16.8. The molecule has 2 aliphatic carbocycles. The minimum absolute atomic E-state index is 0.156. The van der Waals surface area contributed by atoms with Crippen LogP contribution in [0.4, 0.5) is 4.79 Å². The Morgan fingerprint density at radius 2 is 1.96 bits per heavy atom. The van der Waals surface area contributed by atoms with Gasteiger partial charge >= 0.3 is 6.09 Å². The van der Waals surface area contributed by atoms with Crippen LogP contribution in [0.3, 0.4) is 0 Å². The summed E-state index contributed by atoms with van der Waals surface area (Å²) in [6.45, 7) is 3.02. The normalized spacial score (nSPS) is 23.5. The number of likely N-dealkylation sites (tertiary alicyclic amines) is 1. The van der Waals surface area contributed by atoms with Crippen molar-refractivity contribution in [1.29, 1.82) is 0 Å². The molecule has 0 bridgehead atoms. The van der Waals surface area contributed by atoms with Crippen LogP contribution in [0.1, 0.15) is 48.8 Å². The van der Waals surface area contributed by atoms with E-state index in [1.807, 2.05) is 6.07 Å². The van der Waals surface area contributed by atoms with Gasteiger partial charge in [-0.15, -0.1) is 10.2 Å². The van der Waals surface area contributed by atoms with E-state index in [4.69, 9.17) is 16.7 Å². The van der Waals surface area contributed by atoms with Crippen molar-refractivity contribution in [1.82, 2.24) is 24.6 Å². The highest BCUT2D eigenvalue weighted by atomic mass is 35.5. The lowest BCUT2D eigenvalue weighted by Gasteiger charge is -2.57. The number of benzene rings is 1. The predicted molar refractivity (Wildman–Crippen MR) is 103 cm³/mol. The Kier molecular flexibility index (Phi) is 3.42. The molecule has 1 spiro atoms. The maximum atomic E-state index is 11.1. The van der Waals surface area contributed by atoms with Crippen molar-refractivity contribution >= 4 is 17.7 Å². The molecule has 3 heterocycles. The summed E-state index contributed by atoms with van der Waals surface area (Å²) >= 11 is 6.31. The second-order valence-corrected chi connectivity index (χ2v) is 9.40. The van der Waals surface area contributed by atoms with Gasteiger partial charge in [0.1, 0.15) is 5.82 Å². The first-order valence-corrected chi connectivity index (χ1v) is 10.3. The fraction of sp³-hybridized carbons (Fsp3) is 0.550. The zero-order valence-electron chi connectivity index (χ0n) is 15.5. The molecule has 7 nitrogen and oxygen atoms in total. The Morgan fingerprint density at radius 3 is 2.68 bits per heavy atom. The van der Waals surface area contributed by atoms with Crippen LogP contribution in [0.15, 0.2) is 18.2 Å². The molecule has 2 aliphatic heterocycles. The number of halogens is 1. The van der Waals surface area contributed by atoms with Gasteiger partial charge < -0.3 is 10.0 Å². The van der Waals surface area contributed by atoms with E-state index in [1.165, 1.54) is 23.3 Å². The number of fused-ring (bicyclic) bond motifs is 3. The van der Waals surface area contributed by atoms with Gasteiger partial charge in [0.25, 0.3) is 0 Å². The van der Waals surface area contributed by atoms with Gasteiger partial charge in [0.15, 0.2) is 5.82 Å². The molecule has 0 unspecified atom stereocenters. The summed E-state index contributed by atoms with van der Waals surface area (Å²) in [4.78, 5) is 15.1. The molecule has 2 saturated carbocycles. The van der Waals surface area contributed by atoms with Gasteiger partial charge in [-0.2, -0.15) is 0 Å². The zero-order valence-corrected chi connectivity index (χ0v) is 16.3. The lowest BCUT2D eigenvalue weighted by atomic mass is 9.57. The number of rotatable bonds is 2. The van der Waals surface area contributed by atoms with Crippen molar-refractivity contribution in [3.8, 4) is 5.69 Å². The van der Waals surface area contributed by atoms with E-state index in [0.29, 0.717) is 25.0 Å². The molecule has 1 aromatic heterocycles. The van der Waals surface area contributed by atoms with Crippen LogP contribution in [0, 0.1) is 5.41 Å². The molecule has 8 heteroatoms. The number of hydrogen-bond donors (Lipinski definition) is 1. The van der Waals surface area contributed by atoms with Crippen molar-refractivity contribution < 1.29 is 9.90 Å². The number of hydrogen-bond acceptors (Lipinski definition) is 4. The van der Waals surface area contributed by atoms with E-state index in [2.05, 4.69) is 31.8 Å². The van der Waals surface area contributed by atoms with Crippen molar-refractivity contribution in [2.24, 2.45) is 5.41 Å². The van der Waals surface area contributed by atoms with Crippen LogP contribution in [-0.2, 0) is 13.1 Å². The Labute approximate surface area is 167 Å². The van der Waals surface area contributed by atoms with Gasteiger partial charge in [-0.3, -0.25) is 9.47 Å². The van der Waals surface area contributed by atoms with Gasteiger partial charge in [-0.05, 0) is 49.4 Å². The Morgan fingerprint density at radius 1 is 1.18 bits per heavy atom. The average molecular weight is 400 g/mol. The molecule has 1 aromatic carbocycles. The van der Waals surface area contributed by atoms with Crippen molar-refractivity contribution in [2.75, 3.05) is 13.1 Å². The van der Waals surface area contributed by atoms with Crippen LogP contribution in [0.2, 0.25) is 5.02 Å². The summed E-state index contributed by atoms with van der Waals surface area (Å²) in [5.41, 5.74) is 2.53. The summed E-state index contributed by atoms with van der Waals surface area (Å²) in [5.74, 6) is 2.37. The second kappa shape index (κ2) is 5.70. The summed E-state index contributed by atoms with van der Waals surface area (Å²) in [5, 5.41) is 19.0. The third kappa shape index (κ3) is 2.49. The van der Waals surface area contributed by atoms with Gasteiger partial charge in [0.05, 0.1) is 12.2 Å². The van der Waals surface area contributed by atoms with Crippen LogP contribution >= 0.6 is 11.6 Å². The SMILES string of the molecule is O=C(O)N1CC2(CC(c3nnc4n3-c3ccc(Cl)cc3CN(C3CC3)C4)C2)C1. The van der Waals surface area contributed by atoms with Gasteiger partial charge in [0, 0.05) is 42.0 Å². The highest BCUT2D eigenvalue weighted by Crippen LogP contribution is 2.56. The molecule has 1 saturated heterocycles. The topological polar surface area (TPSA) is 74.5 Å². The van der Waals surface area contributed by atoms with Crippen molar-refractivity contribution in [3.63, 3.8) is 0 Å². The van der Waals surface area contributed by atoms with Crippen LogP contribution in [0.5, 0.6) is 0 Å². The molecule has 1 N–H and O–H groups in total. The monoisotopic (exact) mass is 399 g/mol. The van der Waals surface area contributed by atoms with Gasteiger partial charge in [-0.25, -0.2) is 4.79 Å². The van der Waals surface area contributed by atoms with Gasteiger partial charge in [0.2, 0.25) is 0 Å². The summed E-state index contributed by atoms with van der Waals surface area (Å²) in [6, 6.07) is 6.75. The molecular formula is C20H22ClN5O2. The molecular weight excluding hydrogens is 378 g/mol. The maximum absolute atomic E-state index is 11.1. The lowest BCUT2D eigenvalue weighted by Crippen LogP contribution is -2.63. The van der Waals surface area contributed by atoms with E-state index >= 15 is 0 Å². The molecule has 6 rings (SSSR count). The van der Waals surface area contributed by atoms with E-state index < -0.39 is 6.09 Å². The Bertz CT molecular complexity index is 971. The molecule has 146 valence electrons. The molecule has 28 heavy (non-hydrogen) atoms. The molecule has 4 aliphatic rings. The highest BCUT2D eigenvalue weighted by molar-refractivity contribution is 6.30. The van der Waals surface area contributed by atoms with Crippen molar-refractivity contribution in [3.05, 3.63) is 40.4 Å². The zero-order chi connectivity index (χ0) is 19.0. The summed E-state index contributed by atoms with van der Waals surface area (Å²) in [7, 11) is 0. The fourth-order valence-electron chi connectivity index (χ4n) is 5.34. The average Bonchev–Trinajstić information content (AvgIpc) is 3.36. The third-order valence-electron chi connectivity index (χ3n) is 6.87. The molecule has 1 amide bonds. The van der Waals surface area contributed by atoms with Crippen LogP contribution < -0.4 is 0 Å². The van der Waals surface area contributed by atoms with Crippen molar-refractivity contribution in [2.45, 2.75) is 50.7 Å². The van der Waals surface area contributed by atoms with E-state index in [1.54, 1.807) is 0 Å². The molecule has 0 atom stereocenters. The van der Waals surface area contributed by atoms with Crippen LogP contribution in [-0.4, -0.2) is 54.9 Å². The first-order valence-electron chi connectivity index (χ1n) is 9.96. The lowest BCUT2D eigenvalue weighted by molar-refractivity contribution is -0.0603. The quantitative estimate of drug-likeness (QED) is 0.839. The van der Waals surface area contributed by atoms with Gasteiger partial charge in [-0.1, -0.05) is 11.6 Å². The molecule has 2 aromatic rings. The number of aromatic nitrogens is 3. The minimum Gasteiger partial charge on any atom is -0.465 e. The van der Waals surface area contributed by atoms with Crippen LogP contribution in [0.25, 0.3) is 5.69 Å². The number of nitrogens with zero attached hydrogens (tertiary/aromatic N) is 5. The Balaban J connectivity index is 1.33. The van der Waals surface area contributed by atoms with E-state index in [-0.39, 0.29) is 5.41 Å². The Hall–Kier alpha value is -2.12. The smallest absolute Gasteiger partial charge is 0.407 e. The molecule has 0 radical (unpaired) electrons. The third-order valence-corrected chi connectivity index (χ3v) is 7.10.